The van der Waals surface area contributed by atoms with E-state index in [1.165, 1.54) is 0 Å². The average molecular weight is 452 g/mol. The molecule has 124 valence electrons. The number of carbonyl (C=O) groups is 2. The smallest absolute Gasteiger partial charge is 0.229 e. The Morgan fingerprint density at radius 1 is 1.21 bits per heavy atom. The van der Waals surface area contributed by atoms with E-state index in [0.29, 0.717) is 6.54 Å². The Morgan fingerprint density at radius 2 is 1.96 bits per heavy atom. The molecule has 6 heteroatoms. The van der Waals surface area contributed by atoms with Crippen LogP contribution in [0.1, 0.15) is 12.0 Å². The van der Waals surface area contributed by atoms with Crippen molar-refractivity contribution < 1.29 is 9.59 Å². The van der Waals surface area contributed by atoms with E-state index in [2.05, 4.69) is 37.2 Å². The number of halogens is 2. The summed E-state index contributed by atoms with van der Waals surface area (Å²) in [5, 5.41) is 2.94. The second-order valence-corrected chi connectivity index (χ2v) is 7.58. The van der Waals surface area contributed by atoms with Crippen LogP contribution < -0.4 is 10.2 Å². The van der Waals surface area contributed by atoms with Crippen LogP contribution in [0, 0.1) is 12.8 Å². The van der Waals surface area contributed by atoms with Gasteiger partial charge < -0.3 is 10.2 Å². The Bertz CT molecular complexity index is 807. The molecule has 1 saturated heterocycles. The first-order chi connectivity index (χ1) is 11.5. The van der Waals surface area contributed by atoms with Crippen LogP contribution in [0.4, 0.5) is 11.4 Å². The molecule has 2 amide bonds. The van der Waals surface area contributed by atoms with Crippen molar-refractivity contribution in [2.75, 3.05) is 16.8 Å². The highest BCUT2D eigenvalue weighted by Gasteiger charge is 2.35. The second-order valence-electron chi connectivity index (χ2n) is 5.81. The van der Waals surface area contributed by atoms with E-state index in [-0.39, 0.29) is 24.2 Å². The molecule has 0 saturated carbocycles. The van der Waals surface area contributed by atoms with Crippen molar-refractivity contribution in [3.05, 3.63) is 57.0 Å². The third-order valence-electron chi connectivity index (χ3n) is 4.10. The first kappa shape index (κ1) is 17.2. The second kappa shape index (κ2) is 7.07. The number of hydrogen-bond acceptors (Lipinski definition) is 2. The number of anilines is 2. The summed E-state index contributed by atoms with van der Waals surface area (Å²) in [4.78, 5) is 26.6. The van der Waals surface area contributed by atoms with E-state index in [0.717, 1.165) is 25.9 Å². The summed E-state index contributed by atoms with van der Waals surface area (Å²) >= 11 is 6.87. The first-order valence-corrected chi connectivity index (χ1v) is 9.16. The zero-order valence-electron chi connectivity index (χ0n) is 13.1. The fourth-order valence-corrected chi connectivity index (χ4v) is 3.61. The van der Waals surface area contributed by atoms with Gasteiger partial charge in [-0.1, -0.05) is 34.1 Å². The Labute approximate surface area is 157 Å². The molecule has 1 aliphatic heterocycles. The maximum absolute atomic E-state index is 12.6. The third-order valence-corrected chi connectivity index (χ3v) is 5.26. The highest BCUT2D eigenvalue weighted by Crippen LogP contribution is 2.32. The van der Waals surface area contributed by atoms with Gasteiger partial charge in [0.25, 0.3) is 0 Å². The number of aryl methyl sites for hydroxylation is 1. The molecule has 2 aromatic carbocycles. The van der Waals surface area contributed by atoms with Crippen LogP contribution in [0.25, 0.3) is 0 Å². The van der Waals surface area contributed by atoms with Gasteiger partial charge in [0.05, 0.1) is 11.6 Å². The number of nitrogens with zero attached hydrogens (tertiary/aromatic N) is 1. The van der Waals surface area contributed by atoms with Gasteiger partial charge in [-0.15, -0.1) is 0 Å². The number of amides is 2. The van der Waals surface area contributed by atoms with E-state index in [9.17, 15) is 9.59 Å². The van der Waals surface area contributed by atoms with Crippen LogP contribution in [0.2, 0.25) is 0 Å². The molecule has 0 bridgehead atoms. The normalized spacial score (nSPS) is 17.2. The lowest BCUT2D eigenvalue weighted by Gasteiger charge is -2.18. The summed E-state index contributed by atoms with van der Waals surface area (Å²) in [6.07, 6.45) is 0.222. The van der Waals surface area contributed by atoms with Gasteiger partial charge in [0.2, 0.25) is 11.8 Å². The average Bonchev–Trinajstić information content (AvgIpc) is 2.93. The summed E-state index contributed by atoms with van der Waals surface area (Å²) in [5.74, 6) is -0.518. The van der Waals surface area contributed by atoms with Gasteiger partial charge in [0.1, 0.15) is 0 Å². The molecule has 1 heterocycles. The van der Waals surface area contributed by atoms with Crippen LogP contribution >= 0.6 is 31.9 Å². The molecule has 1 fully saturated rings. The van der Waals surface area contributed by atoms with Gasteiger partial charge in [0.15, 0.2) is 0 Å². The van der Waals surface area contributed by atoms with E-state index in [1.54, 1.807) is 4.90 Å². The highest BCUT2D eigenvalue weighted by atomic mass is 79.9. The molecule has 1 unspecified atom stereocenters. The minimum atomic E-state index is -0.358. The van der Waals surface area contributed by atoms with Gasteiger partial charge in [-0.25, -0.2) is 0 Å². The molecule has 3 rings (SSSR count). The Morgan fingerprint density at radius 3 is 2.71 bits per heavy atom. The zero-order valence-corrected chi connectivity index (χ0v) is 16.2. The molecule has 0 aromatic heterocycles. The van der Waals surface area contributed by atoms with E-state index < -0.39 is 0 Å². The largest absolute Gasteiger partial charge is 0.325 e. The number of carbonyl (C=O) groups excluding carboxylic acids is 2. The van der Waals surface area contributed by atoms with Crippen molar-refractivity contribution in [2.45, 2.75) is 13.3 Å². The summed E-state index contributed by atoms with van der Waals surface area (Å²) in [6.45, 7) is 2.33. The molecule has 2 aromatic rings. The summed E-state index contributed by atoms with van der Waals surface area (Å²) in [5.41, 5.74) is 2.55. The van der Waals surface area contributed by atoms with Crippen molar-refractivity contribution in [2.24, 2.45) is 5.92 Å². The Hall–Kier alpha value is -1.66. The molecule has 1 aliphatic rings. The van der Waals surface area contributed by atoms with Gasteiger partial charge in [-0.2, -0.15) is 0 Å². The predicted octanol–water partition coefficient (Wildman–Crippen LogP) is 4.51. The lowest BCUT2D eigenvalue weighted by atomic mass is 10.1. The van der Waals surface area contributed by atoms with Crippen LogP contribution in [-0.2, 0) is 9.59 Å². The predicted molar refractivity (Wildman–Crippen MR) is 102 cm³/mol. The summed E-state index contributed by atoms with van der Waals surface area (Å²) in [6, 6.07) is 13.3. The Balaban J connectivity index is 1.75. The molecule has 24 heavy (non-hydrogen) atoms. The number of para-hydroxylation sites is 1. The quantitative estimate of drug-likeness (QED) is 0.746. The molecule has 0 aliphatic carbocycles. The van der Waals surface area contributed by atoms with Crippen molar-refractivity contribution >= 4 is 55.0 Å². The highest BCUT2D eigenvalue weighted by molar-refractivity contribution is 9.10. The maximum atomic E-state index is 12.6. The van der Waals surface area contributed by atoms with Crippen molar-refractivity contribution in [3.8, 4) is 0 Å². The van der Waals surface area contributed by atoms with E-state index in [4.69, 9.17) is 0 Å². The topological polar surface area (TPSA) is 49.4 Å². The Kier molecular flexibility index (Phi) is 5.06. The molecule has 0 radical (unpaired) electrons. The molecule has 1 atom stereocenters. The van der Waals surface area contributed by atoms with Crippen molar-refractivity contribution in [3.63, 3.8) is 0 Å². The number of rotatable bonds is 3. The summed E-state index contributed by atoms with van der Waals surface area (Å²) < 4.78 is 1.75. The number of benzene rings is 2. The minimum absolute atomic E-state index is 0.0342. The fraction of sp³-hybridized carbons (Fsp3) is 0.222. The first-order valence-electron chi connectivity index (χ1n) is 7.57. The van der Waals surface area contributed by atoms with Gasteiger partial charge >= 0.3 is 0 Å². The fourth-order valence-electron chi connectivity index (χ4n) is 2.75. The number of hydrogen-bond donors (Lipinski definition) is 1. The van der Waals surface area contributed by atoms with Crippen LogP contribution in [0.15, 0.2) is 51.4 Å². The molecule has 0 spiro atoms. The monoisotopic (exact) mass is 450 g/mol. The summed E-state index contributed by atoms with van der Waals surface area (Å²) in [7, 11) is 0. The standard InChI is InChI=1S/C18H16Br2N2O2/c1-11-6-7-13(19)9-15(11)21-18(24)12-8-17(23)22(10-12)16-5-3-2-4-14(16)20/h2-7,9,12H,8,10H2,1H3,(H,21,24). The zero-order chi connectivity index (χ0) is 17.3. The lowest BCUT2D eigenvalue weighted by molar-refractivity contribution is -0.122. The van der Waals surface area contributed by atoms with Gasteiger partial charge in [0, 0.05) is 27.6 Å². The molecular weight excluding hydrogens is 436 g/mol. The van der Waals surface area contributed by atoms with E-state index in [1.807, 2.05) is 49.4 Å². The maximum Gasteiger partial charge on any atom is 0.229 e. The third kappa shape index (κ3) is 3.54. The van der Waals surface area contributed by atoms with Crippen LogP contribution in [0.5, 0.6) is 0 Å². The lowest BCUT2D eigenvalue weighted by Crippen LogP contribution is -2.28. The molecule has 1 N–H and O–H groups in total. The molecular formula is C18H16Br2N2O2. The van der Waals surface area contributed by atoms with Crippen molar-refractivity contribution in [1.29, 1.82) is 0 Å². The van der Waals surface area contributed by atoms with Crippen molar-refractivity contribution in [1.82, 2.24) is 0 Å². The van der Waals surface area contributed by atoms with Gasteiger partial charge in [-0.3, -0.25) is 9.59 Å². The van der Waals surface area contributed by atoms with Crippen LogP contribution in [0.3, 0.4) is 0 Å². The van der Waals surface area contributed by atoms with Gasteiger partial charge in [-0.05, 0) is 52.7 Å². The number of nitrogens with one attached hydrogen (secondary N) is 1. The minimum Gasteiger partial charge on any atom is -0.325 e. The molecule has 4 nitrogen and oxygen atoms in total. The SMILES string of the molecule is Cc1ccc(Br)cc1NC(=O)C1CC(=O)N(c2ccccc2Br)C1. The van der Waals surface area contributed by atoms with E-state index >= 15 is 0 Å². The van der Waals surface area contributed by atoms with Crippen LogP contribution in [-0.4, -0.2) is 18.4 Å².